The zero-order valence-electron chi connectivity index (χ0n) is 10.6. The summed E-state index contributed by atoms with van der Waals surface area (Å²) < 4.78 is 5.08. The average Bonchev–Trinajstić information content (AvgIpc) is 2.25. The normalized spacial score (nSPS) is 11.3. The smallest absolute Gasteiger partial charge is 0.309 e. The fourth-order valence-electron chi connectivity index (χ4n) is 1.65. The van der Waals surface area contributed by atoms with Crippen molar-refractivity contribution in [3.8, 4) is 11.5 Å². The number of aromatic hydroxyl groups is 1. The van der Waals surface area contributed by atoms with Crippen LogP contribution in [-0.4, -0.2) is 23.3 Å². The second-order valence-corrected chi connectivity index (χ2v) is 4.77. The predicted octanol–water partition coefficient (Wildman–Crippen LogP) is 2.36. The predicted molar refractivity (Wildman–Crippen MR) is 64.5 cm³/mol. The lowest BCUT2D eigenvalue weighted by Crippen LogP contribution is -2.26. The minimum absolute atomic E-state index is 0.110. The Morgan fingerprint density at radius 1 is 1.41 bits per heavy atom. The van der Waals surface area contributed by atoms with Crippen LogP contribution in [0.1, 0.15) is 25.0 Å². The topological polar surface area (TPSA) is 66.8 Å². The maximum absolute atomic E-state index is 11.0. The summed E-state index contributed by atoms with van der Waals surface area (Å²) in [4.78, 5) is 11.0. The highest BCUT2D eigenvalue weighted by Gasteiger charge is 2.29. The molecule has 0 bridgehead atoms. The number of hydrogen-bond donors (Lipinski definition) is 2. The Hall–Kier alpha value is -1.71. The molecule has 0 amide bonds. The molecule has 4 nitrogen and oxygen atoms in total. The van der Waals surface area contributed by atoms with E-state index in [0.29, 0.717) is 16.9 Å². The molecular weight excluding hydrogens is 220 g/mol. The third kappa shape index (κ3) is 2.70. The third-order valence-electron chi connectivity index (χ3n) is 2.90. The first kappa shape index (κ1) is 13.4. The van der Waals surface area contributed by atoms with E-state index in [1.807, 2.05) is 0 Å². The van der Waals surface area contributed by atoms with Crippen LogP contribution in [0, 0.1) is 12.3 Å². The molecule has 4 heteroatoms. The highest BCUT2D eigenvalue weighted by molar-refractivity contribution is 5.74. The molecule has 1 aromatic carbocycles. The number of methoxy groups -OCH3 is 1. The van der Waals surface area contributed by atoms with Crippen molar-refractivity contribution in [2.45, 2.75) is 27.2 Å². The van der Waals surface area contributed by atoms with Gasteiger partial charge in [0.25, 0.3) is 0 Å². The summed E-state index contributed by atoms with van der Waals surface area (Å²) in [5, 5.41) is 19.0. The molecule has 2 N–H and O–H groups in total. The van der Waals surface area contributed by atoms with Gasteiger partial charge in [-0.05, 0) is 38.8 Å². The van der Waals surface area contributed by atoms with Gasteiger partial charge >= 0.3 is 5.97 Å². The zero-order valence-corrected chi connectivity index (χ0v) is 10.6. The summed E-state index contributed by atoms with van der Waals surface area (Å²) in [6, 6.07) is 3.44. The van der Waals surface area contributed by atoms with E-state index in [-0.39, 0.29) is 12.2 Å². The molecule has 0 aromatic heterocycles. The largest absolute Gasteiger partial charge is 0.507 e. The molecule has 0 aliphatic heterocycles. The first-order valence-electron chi connectivity index (χ1n) is 5.38. The van der Waals surface area contributed by atoms with Crippen LogP contribution in [0.5, 0.6) is 11.5 Å². The average molecular weight is 238 g/mol. The van der Waals surface area contributed by atoms with Crippen LogP contribution in [0.3, 0.4) is 0 Å². The molecule has 94 valence electrons. The minimum Gasteiger partial charge on any atom is -0.507 e. The first-order chi connectivity index (χ1) is 7.79. The third-order valence-corrected chi connectivity index (χ3v) is 2.90. The molecule has 1 aromatic rings. The Balaban J connectivity index is 3.09. The number of benzene rings is 1. The van der Waals surface area contributed by atoms with Gasteiger partial charge in [-0.25, -0.2) is 0 Å². The van der Waals surface area contributed by atoms with E-state index in [9.17, 15) is 9.90 Å². The fraction of sp³-hybridized carbons (Fsp3) is 0.462. The van der Waals surface area contributed by atoms with Crippen LogP contribution in [0.4, 0.5) is 0 Å². The van der Waals surface area contributed by atoms with E-state index in [1.54, 1.807) is 32.9 Å². The standard InChI is InChI=1S/C13H18O4/c1-8-10(17-4)6-5-9(11(8)14)7-13(2,3)12(15)16/h5-6,14H,7H2,1-4H3,(H,15,16). The molecule has 0 unspecified atom stereocenters. The van der Waals surface area contributed by atoms with Crippen molar-refractivity contribution in [3.63, 3.8) is 0 Å². The molecule has 0 atom stereocenters. The van der Waals surface area contributed by atoms with Crippen LogP contribution in [0.2, 0.25) is 0 Å². The maximum Gasteiger partial charge on any atom is 0.309 e. The number of carboxylic acids is 1. The SMILES string of the molecule is COc1ccc(CC(C)(C)C(=O)O)c(O)c1C. The Labute approximate surface area is 101 Å². The quantitative estimate of drug-likeness (QED) is 0.845. The summed E-state index contributed by atoms with van der Waals surface area (Å²) >= 11 is 0. The van der Waals surface area contributed by atoms with Crippen molar-refractivity contribution in [2.75, 3.05) is 7.11 Å². The van der Waals surface area contributed by atoms with E-state index in [0.717, 1.165) is 0 Å². The summed E-state index contributed by atoms with van der Waals surface area (Å²) in [5.41, 5.74) is 0.347. The summed E-state index contributed by atoms with van der Waals surface area (Å²) in [5.74, 6) is -0.177. The lowest BCUT2D eigenvalue weighted by molar-refractivity contribution is -0.146. The van der Waals surface area contributed by atoms with E-state index in [1.165, 1.54) is 7.11 Å². The molecule has 1 rings (SSSR count). The highest BCUT2D eigenvalue weighted by atomic mass is 16.5. The number of rotatable bonds is 4. The molecule has 0 saturated heterocycles. The summed E-state index contributed by atoms with van der Waals surface area (Å²) in [6.07, 6.45) is 0.277. The van der Waals surface area contributed by atoms with Gasteiger partial charge in [-0.3, -0.25) is 4.79 Å². The van der Waals surface area contributed by atoms with Gasteiger partial charge in [0.15, 0.2) is 0 Å². The molecule has 0 aliphatic carbocycles. The van der Waals surface area contributed by atoms with Gasteiger partial charge in [-0.1, -0.05) is 6.07 Å². The second-order valence-electron chi connectivity index (χ2n) is 4.77. The zero-order chi connectivity index (χ0) is 13.2. The molecule has 0 spiro atoms. The summed E-state index contributed by atoms with van der Waals surface area (Å²) in [6.45, 7) is 5.01. The van der Waals surface area contributed by atoms with Crippen LogP contribution in [0.15, 0.2) is 12.1 Å². The Morgan fingerprint density at radius 2 is 2.00 bits per heavy atom. The van der Waals surface area contributed by atoms with Crippen molar-refractivity contribution in [2.24, 2.45) is 5.41 Å². The van der Waals surface area contributed by atoms with Gasteiger partial charge in [0, 0.05) is 5.56 Å². The van der Waals surface area contributed by atoms with E-state index in [2.05, 4.69) is 0 Å². The van der Waals surface area contributed by atoms with Crippen LogP contribution < -0.4 is 4.74 Å². The number of carboxylic acid groups (broad SMARTS) is 1. The number of phenols is 1. The molecule has 0 heterocycles. The molecule has 0 aliphatic rings. The maximum atomic E-state index is 11.0. The van der Waals surface area contributed by atoms with Gasteiger partial charge in [0.05, 0.1) is 12.5 Å². The van der Waals surface area contributed by atoms with E-state index < -0.39 is 11.4 Å². The number of aliphatic carboxylic acids is 1. The van der Waals surface area contributed by atoms with Crippen molar-refractivity contribution < 1.29 is 19.7 Å². The van der Waals surface area contributed by atoms with Crippen LogP contribution >= 0.6 is 0 Å². The molecular formula is C13H18O4. The van der Waals surface area contributed by atoms with Gasteiger partial charge in [0.1, 0.15) is 11.5 Å². The lowest BCUT2D eigenvalue weighted by atomic mass is 9.85. The Bertz CT molecular complexity index is 435. The number of carbonyl (C=O) groups is 1. The van der Waals surface area contributed by atoms with Crippen LogP contribution in [-0.2, 0) is 11.2 Å². The minimum atomic E-state index is -0.904. The van der Waals surface area contributed by atoms with Crippen LogP contribution in [0.25, 0.3) is 0 Å². The van der Waals surface area contributed by atoms with Gasteiger partial charge in [0.2, 0.25) is 0 Å². The monoisotopic (exact) mass is 238 g/mol. The highest BCUT2D eigenvalue weighted by Crippen LogP contribution is 2.34. The Kier molecular flexibility index (Phi) is 3.66. The van der Waals surface area contributed by atoms with Gasteiger partial charge in [-0.15, -0.1) is 0 Å². The molecule has 0 saturated carbocycles. The lowest BCUT2D eigenvalue weighted by Gasteiger charge is -2.20. The van der Waals surface area contributed by atoms with Crippen molar-refractivity contribution in [1.29, 1.82) is 0 Å². The van der Waals surface area contributed by atoms with Crippen molar-refractivity contribution in [1.82, 2.24) is 0 Å². The van der Waals surface area contributed by atoms with Gasteiger partial charge < -0.3 is 14.9 Å². The van der Waals surface area contributed by atoms with E-state index >= 15 is 0 Å². The molecule has 0 fully saturated rings. The number of phenolic OH excluding ortho intramolecular Hbond substituents is 1. The molecule has 0 radical (unpaired) electrons. The molecule has 17 heavy (non-hydrogen) atoms. The first-order valence-corrected chi connectivity index (χ1v) is 5.38. The fourth-order valence-corrected chi connectivity index (χ4v) is 1.65. The second kappa shape index (κ2) is 4.65. The van der Waals surface area contributed by atoms with Gasteiger partial charge in [-0.2, -0.15) is 0 Å². The Morgan fingerprint density at radius 3 is 2.47 bits per heavy atom. The number of hydrogen-bond acceptors (Lipinski definition) is 3. The number of ether oxygens (including phenoxy) is 1. The van der Waals surface area contributed by atoms with E-state index in [4.69, 9.17) is 9.84 Å². The van der Waals surface area contributed by atoms with Crippen molar-refractivity contribution in [3.05, 3.63) is 23.3 Å². The van der Waals surface area contributed by atoms with Crippen molar-refractivity contribution >= 4 is 5.97 Å². The summed E-state index contributed by atoms with van der Waals surface area (Å²) in [7, 11) is 1.53.